The van der Waals surface area contributed by atoms with Crippen molar-refractivity contribution in [2.24, 2.45) is 5.14 Å². The molecule has 0 radical (unpaired) electrons. The fraction of sp³-hybridized carbons (Fsp3) is 0.167. The minimum atomic E-state index is -3.69. The number of aryl methyl sites for hydroxylation is 1. The molecule has 126 valence electrons. The average Bonchev–Trinajstić information content (AvgIpc) is 3.06. The van der Waals surface area contributed by atoms with Gasteiger partial charge < -0.3 is 0 Å². The summed E-state index contributed by atoms with van der Waals surface area (Å²) in [5.41, 5.74) is 3.93. The van der Waals surface area contributed by atoms with Gasteiger partial charge in [0, 0.05) is 5.56 Å². The number of hydrogen-bond donors (Lipinski definition) is 1. The van der Waals surface area contributed by atoms with Gasteiger partial charge in [-0.2, -0.15) is 5.10 Å². The van der Waals surface area contributed by atoms with Crippen LogP contribution in [0.4, 0.5) is 0 Å². The molecule has 0 aliphatic carbocycles. The molecule has 6 heteroatoms. The highest BCUT2D eigenvalue weighted by molar-refractivity contribution is 7.89. The van der Waals surface area contributed by atoms with Crippen LogP contribution in [0.15, 0.2) is 65.7 Å². The average molecular weight is 343 g/mol. The van der Waals surface area contributed by atoms with E-state index in [-0.39, 0.29) is 4.90 Å². The third-order valence-corrected chi connectivity index (χ3v) is 4.33. The number of nitrogens with zero attached hydrogens (tertiary/aromatic N) is 2. The van der Waals surface area contributed by atoms with Crippen molar-refractivity contribution < 1.29 is 8.42 Å². The lowest BCUT2D eigenvalue weighted by molar-refractivity contribution is 0.598. The maximum absolute atomic E-state index is 11.3. The molecule has 2 N–H and O–H groups in total. The summed E-state index contributed by atoms with van der Waals surface area (Å²) >= 11 is 0. The zero-order valence-electron chi connectivity index (χ0n) is 14.0. The normalized spacial score (nSPS) is 10.8. The van der Waals surface area contributed by atoms with Crippen molar-refractivity contribution in [1.82, 2.24) is 9.78 Å². The maximum atomic E-state index is 11.3. The molecule has 3 rings (SSSR count). The number of aromatic nitrogens is 2. The van der Waals surface area contributed by atoms with E-state index in [9.17, 15) is 8.42 Å². The number of primary sulfonamides is 1. The predicted octanol–water partition coefficient (Wildman–Crippen LogP) is 3.52. The van der Waals surface area contributed by atoms with Crippen molar-refractivity contribution in [1.29, 1.82) is 0 Å². The Morgan fingerprint density at radius 1 is 0.917 bits per heavy atom. The molecular weight excluding hydrogens is 322 g/mol. The van der Waals surface area contributed by atoms with Gasteiger partial charge in [-0.15, -0.1) is 0 Å². The summed E-state index contributed by atoms with van der Waals surface area (Å²) in [4.78, 5) is 0.0836. The van der Waals surface area contributed by atoms with Gasteiger partial charge in [-0.05, 0) is 37.3 Å². The van der Waals surface area contributed by atoms with Gasteiger partial charge in [0.05, 0.1) is 22.5 Å². The summed E-state index contributed by atoms with van der Waals surface area (Å²) in [6, 6.07) is 16.4. The molecule has 5 nitrogen and oxygen atoms in total. The molecule has 3 aromatic rings. The van der Waals surface area contributed by atoms with E-state index in [4.69, 9.17) is 5.14 Å². The van der Waals surface area contributed by atoms with E-state index >= 15 is 0 Å². The first-order chi connectivity index (χ1) is 11.4. The maximum Gasteiger partial charge on any atom is 0.238 e. The van der Waals surface area contributed by atoms with Gasteiger partial charge >= 0.3 is 0 Å². The molecule has 0 saturated heterocycles. The second-order valence-electron chi connectivity index (χ2n) is 5.03. The van der Waals surface area contributed by atoms with Crippen LogP contribution in [0, 0.1) is 6.92 Å². The molecule has 2 aromatic carbocycles. The molecule has 0 fully saturated rings. The molecule has 24 heavy (non-hydrogen) atoms. The van der Waals surface area contributed by atoms with E-state index in [0.29, 0.717) is 0 Å². The number of sulfonamides is 1. The molecule has 1 aromatic heterocycles. The van der Waals surface area contributed by atoms with Crippen molar-refractivity contribution in [3.05, 3.63) is 66.4 Å². The van der Waals surface area contributed by atoms with Crippen LogP contribution in [0.2, 0.25) is 0 Å². The van der Waals surface area contributed by atoms with Crippen LogP contribution in [0.25, 0.3) is 16.9 Å². The molecule has 0 spiro atoms. The summed E-state index contributed by atoms with van der Waals surface area (Å²) in [7, 11) is -3.69. The van der Waals surface area contributed by atoms with Gasteiger partial charge in [-0.25, -0.2) is 18.2 Å². The number of hydrogen-bond acceptors (Lipinski definition) is 3. The molecule has 0 aliphatic heterocycles. The van der Waals surface area contributed by atoms with Gasteiger partial charge in [0.2, 0.25) is 10.0 Å². The van der Waals surface area contributed by atoms with E-state index in [1.54, 1.807) is 23.0 Å². The Morgan fingerprint density at radius 3 is 2.04 bits per heavy atom. The first-order valence-electron chi connectivity index (χ1n) is 7.69. The summed E-state index contributed by atoms with van der Waals surface area (Å²) in [5.74, 6) is 0. The first-order valence-corrected chi connectivity index (χ1v) is 9.24. The largest absolute Gasteiger partial charge is 0.238 e. The van der Waals surface area contributed by atoms with Crippen molar-refractivity contribution in [2.75, 3.05) is 0 Å². The Morgan fingerprint density at radius 2 is 1.50 bits per heavy atom. The van der Waals surface area contributed by atoms with Crippen LogP contribution in [0.1, 0.15) is 19.4 Å². The van der Waals surface area contributed by atoms with Crippen molar-refractivity contribution in [3.8, 4) is 16.9 Å². The Kier molecular flexibility index (Phi) is 5.54. The zero-order chi connectivity index (χ0) is 17.7. The predicted molar refractivity (Wildman–Crippen MR) is 96.5 cm³/mol. The Hall–Kier alpha value is -2.44. The highest BCUT2D eigenvalue weighted by atomic mass is 32.2. The fourth-order valence-corrected chi connectivity index (χ4v) is 2.74. The Balaban J connectivity index is 0.00000100. The lowest BCUT2D eigenvalue weighted by Gasteiger charge is -2.08. The smallest absolute Gasteiger partial charge is 0.233 e. The summed E-state index contributed by atoms with van der Waals surface area (Å²) < 4.78 is 24.4. The summed E-state index contributed by atoms with van der Waals surface area (Å²) in [5, 5.41) is 9.42. The monoisotopic (exact) mass is 343 g/mol. The second kappa shape index (κ2) is 7.42. The van der Waals surface area contributed by atoms with Gasteiger partial charge in [-0.3, -0.25) is 0 Å². The van der Waals surface area contributed by atoms with Gasteiger partial charge in [0.15, 0.2) is 0 Å². The first kappa shape index (κ1) is 17.9. The number of rotatable bonds is 3. The van der Waals surface area contributed by atoms with E-state index in [1.165, 1.54) is 17.7 Å². The van der Waals surface area contributed by atoms with E-state index in [0.717, 1.165) is 16.9 Å². The SMILES string of the molecule is CC.Cc1ccc(-c2ccnn2-c2ccc(S(N)(=O)=O)cc2)cc1. The molecular formula is C18H21N3O2S. The second-order valence-corrected chi connectivity index (χ2v) is 6.59. The lowest BCUT2D eigenvalue weighted by atomic mass is 10.1. The lowest BCUT2D eigenvalue weighted by Crippen LogP contribution is -2.12. The Labute approximate surface area is 142 Å². The van der Waals surface area contributed by atoms with Gasteiger partial charge in [-0.1, -0.05) is 43.7 Å². The molecule has 0 saturated carbocycles. The van der Waals surface area contributed by atoms with Crippen LogP contribution in [-0.2, 0) is 10.0 Å². The van der Waals surface area contributed by atoms with Gasteiger partial charge in [0.25, 0.3) is 0 Å². The third-order valence-electron chi connectivity index (χ3n) is 3.40. The topological polar surface area (TPSA) is 78.0 Å². The quantitative estimate of drug-likeness (QED) is 0.790. The van der Waals surface area contributed by atoms with E-state index < -0.39 is 10.0 Å². The number of nitrogens with two attached hydrogens (primary N) is 1. The standard InChI is InChI=1S/C16H15N3O2S.C2H6/c1-12-2-4-13(5-3-12)16-10-11-18-19(16)14-6-8-15(9-7-14)22(17,20)21;1-2/h2-11H,1H3,(H2,17,20,21);1-2H3. The molecule has 0 aliphatic rings. The third kappa shape index (κ3) is 3.90. The Bertz CT molecular complexity index is 896. The minimum absolute atomic E-state index is 0.0836. The van der Waals surface area contributed by atoms with Gasteiger partial charge in [0.1, 0.15) is 0 Å². The van der Waals surface area contributed by atoms with Crippen LogP contribution < -0.4 is 5.14 Å². The summed E-state index contributed by atoms with van der Waals surface area (Å²) in [6.07, 6.45) is 1.71. The van der Waals surface area contributed by atoms with Crippen LogP contribution in [0.3, 0.4) is 0 Å². The van der Waals surface area contributed by atoms with E-state index in [1.807, 2.05) is 51.1 Å². The highest BCUT2D eigenvalue weighted by Gasteiger charge is 2.10. The molecule has 0 atom stereocenters. The van der Waals surface area contributed by atoms with Crippen LogP contribution in [0.5, 0.6) is 0 Å². The molecule has 0 amide bonds. The van der Waals surface area contributed by atoms with Crippen LogP contribution >= 0.6 is 0 Å². The van der Waals surface area contributed by atoms with Crippen LogP contribution in [-0.4, -0.2) is 18.2 Å². The summed E-state index contributed by atoms with van der Waals surface area (Å²) in [6.45, 7) is 6.03. The minimum Gasteiger partial charge on any atom is -0.233 e. The van der Waals surface area contributed by atoms with Crippen molar-refractivity contribution in [3.63, 3.8) is 0 Å². The number of benzene rings is 2. The van der Waals surface area contributed by atoms with Crippen molar-refractivity contribution >= 4 is 10.0 Å². The van der Waals surface area contributed by atoms with Crippen molar-refractivity contribution in [2.45, 2.75) is 25.7 Å². The molecule has 1 heterocycles. The highest BCUT2D eigenvalue weighted by Crippen LogP contribution is 2.23. The fourth-order valence-electron chi connectivity index (χ4n) is 2.23. The zero-order valence-corrected chi connectivity index (χ0v) is 14.8. The van der Waals surface area contributed by atoms with E-state index in [2.05, 4.69) is 5.10 Å². The molecule has 0 unspecified atom stereocenters. The molecule has 0 bridgehead atoms.